The predicted octanol–water partition coefficient (Wildman–Crippen LogP) is 2.32. The zero-order valence-electron chi connectivity index (χ0n) is 11.5. The molecule has 0 aliphatic carbocycles. The van der Waals surface area contributed by atoms with Crippen molar-refractivity contribution in [3.05, 3.63) is 48.0 Å². The van der Waals surface area contributed by atoms with Crippen molar-refractivity contribution < 1.29 is 9.90 Å². The van der Waals surface area contributed by atoms with E-state index < -0.39 is 5.60 Å². The zero-order chi connectivity index (χ0) is 14.0. The lowest BCUT2D eigenvalue weighted by atomic mass is 9.83. The van der Waals surface area contributed by atoms with Crippen molar-refractivity contribution in [3.8, 4) is 0 Å². The van der Waals surface area contributed by atoms with Gasteiger partial charge in [-0.15, -0.1) is 0 Å². The number of nitrogens with zero attached hydrogens (tertiary/aromatic N) is 1. The third kappa shape index (κ3) is 2.47. The molecule has 1 heterocycles. The number of piperidine rings is 1. The molecule has 0 unspecified atom stereocenters. The lowest BCUT2D eigenvalue weighted by molar-refractivity contribution is -0.110. The van der Waals surface area contributed by atoms with Crippen molar-refractivity contribution in [2.75, 3.05) is 19.6 Å². The van der Waals surface area contributed by atoms with Crippen LogP contribution in [0.2, 0.25) is 0 Å². The largest absolute Gasteiger partial charge is 0.385 e. The Morgan fingerprint density at radius 3 is 2.50 bits per heavy atom. The molecule has 20 heavy (non-hydrogen) atoms. The molecule has 0 amide bonds. The van der Waals surface area contributed by atoms with Gasteiger partial charge >= 0.3 is 0 Å². The Hall–Kier alpha value is -1.71. The van der Waals surface area contributed by atoms with Gasteiger partial charge in [0.15, 0.2) is 0 Å². The van der Waals surface area contributed by atoms with Gasteiger partial charge < -0.3 is 9.90 Å². The van der Waals surface area contributed by atoms with E-state index in [1.165, 1.54) is 5.39 Å². The van der Waals surface area contributed by atoms with Crippen LogP contribution in [-0.4, -0.2) is 35.9 Å². The maximum absolute atomic E-state index is 10.9. The number of benzene rings is 2. The second-order valence-corrected chi connectivity index (χ2v) is 5.56. The molecular weight excluding hydrogens is 250 g/mol. The number of aldehydes is 1. The highest BCUT2D eigenvalue weighted by atomic mass is 16.3. The SMILES string of the molecule is O=CCN1CCC(O)(c2ccc3ccccc3c2)CC1. The summed E-state index contributed by atoms with van der Waals surface area (Å²) in [5, 5.41) is 13.2. The molecule has 0 atom stereocenters. The molecule has 0 bridgehead atoms. The second-order valence-electron chi connectivity index (χ2n) is 5.56. The van der Waals surface area contributed by atoms with E-state index in [1.54, 1.807) is 0 Å². The Morgan fingerprint density at radius 1 is 1.10 bits per heavy atom. The number of hydrogen-bond acceptors (Lipinski definition) is 3. The van der Waals surface area contributed by atoms with Gasteiger partial charge in [0.05, 0.1) is 12.1 Å². The molecule has 0 aromatic heterocycles. The molecule has 0 saturated carbocycles. The second kappa shape index (κ2) is 5.35. The zero-order valence-corrected chi connectivity index (χ0v) is 11.5. The van der Waals surface area contributed by atoms with Gasteiger partial charge in [0.25, 0.3) is 0 Å². The first-order valence-electron chi connectivity index (χ1n) is 7.09. The van der Waals surface area contributed by atoms with Crippen molar-refractivity contribution in [1.29, 1.82) is 0 Å². The van der Waals surface area contributed by atoms with Gasteiger partial charge in [-0.1, -0.05) is 36.4 Å². The van der Waals surface area contributed by atoms with E-state index in [9.17, 15) is 9.90 Å². The topological polar surface area (TPSA) is 40.5 Å². The first-order valence-corrected chi connectivity index (χ1v) is 7.09. The van der Waals surface area contributed by atoms with Crippen LogP contribution in [0.25, 0.3) is 10.8 Å². The highest BCUT2D eigenvalue weighted by Crippen LogP contribution is 2.34. The molecule has 1 fully saturated rings. The fourth-order valence-electron chi connectivity index (χ4n) is 2.98. The normalized spacial score (nSPS) is 19.1. The van der Waals surface area contributed by atoms with E-state index in [2.05, 4.69) is 29.2 Å². The van der Waals surface area contributed by atoms with Crippen LogP contribution in [0.4, 0.5) is 0 Å². The van der Waals surface area contributed by atoms with Crippen molar-refractivity contribution >= 4 is 17.1 Å². The molecule has 3 rings (SSSR count). The molecule has 2 aromatic rings. The molecule has 1 aliphatic heterocycles. The molecule has 1 aliphatic rings. The summed E-state index contributed by atoms with van der Waals surface area (Å²) in [4.78, 5) is 12.6. The summed E-state index contributed by atoms with van der Waals surface area (Å²) >= 11 is 0. The number of likely N-dealkylation sites (tertiary alicyclic amines) is 1. The molecular formula is C17H19NO2. The minimum atomic E-state index is -0.761. The van der Waals surface area contributed by atoms with Crippen LogP contribution in [-0.2, 0) is 10.4 Å². The Bertz CT molecular complexity index is 615. The highest BCUT2D eigenvalue weighted by molar-refractivity contribution is 5.83. The van der Waals surface area contributed by atoms with Gasteiger partial charge in [0.1, 0.15) is 6.29 Å². The van der Waals surface area contributed by atoms with Crippen molar-refractivity contribution in [2.24, 2.45) is 0 Å². The van der Waals surface area contributed by atoms with Crippen molar-refractivity contribution in [1.82, 2.24) is 4.90 Å². The molecule has 104 valence electrons. The Balaban J connectivity index is 1.85. The smallest absolute Gasteiger partial charge is 0.133 e. The van der Waals surface area contributed by atoms with Gasteiger partial charge in [-0.25, -0.2) is 0 Å². The Kier molecular flexibility index (Phi) is 3.55. The van der Waals surface area contributed by atoms with Crippen LogP contribution in [0.5, 0.6) is 0 Å². The molecule has 3 heteroatoms. The van der Waals surface area contributed by atoms with Gasteiger partial charge in [-0.3, -0.25) is 4.90 Å². The number of fused-ring (bicyclic) bond motifs is 1. The van der Waals surface area contributed by atoms with Crippen LogP contribution in [0.1, 0.15) is 18.4 Å². The molecule has 0 radical (unpaired) electrons. The quantitative estimate of drug-likeness (QED) is 0.869. The fraction of sp³-hybridized carbons (Fsp3) is 0.353. The highest BCUT2D eigenvalue weighted by Gasteiger charge is 2.33. The summed E-state index contributed by atoms with van der Waals surface area (Å²) in [5.41, 5.74) is 0.227. The summed E-state index contributed by atoms with van der Waals surface area (Å²) in [6.07, 6.45) is 2.29. The average Bonchev–Trinajstić information content (AvgIpc) is 2.49. The number of hydrogen-bond donors (Lipinski definition) is 1. The number of carbonyl (C=O) groups is 1. The predicted molar refractivity (Wildman–Crippen MR) is 79.6 cm³/mol. The molecule has 2 aromatic carbocycles. The summed E-state index contributed by atoms with van der Waals surface area (Å²) in [6.45, 7) is 2.00. The molecule has 3 nitrogen and oxygen atoms in total. The summed E-state index contributed by atoms with van der Waals surface area (Å²) < 4.78 is 0. The maximum Gasteiger partial charge on any atom is 0.133 e. The Labute approximate surface area is 118 Å². The molecule has 1 N–H and O–H groups in total. The van der Waals surface area contributed by atoms with Crippen LogP contribution in [0.3, 0.4) is 0 Å². The van der Waals surface area contributed by atoms with Crippen LogP contribution >= 0.6 is 0 Å². The van der Waals surface area contributed by atoms with E-state index in [0.717, 1.165) is 30.3 Å². The van der Waals surface area contributed by atoms with Crippen LogP contribution in [0, 0.1) is 0 Å². The van der Waals surface area contributed by atoms with Gasteiger partial charge in [0, 0.05) is 13.1 Å². The van der Waals surface area contributed by atoms with Crippen molar-refractivity contribution in [2.45, 2.75) is 18.4 Å². The van der Waals surface area contributed by atoms with Gasteiger partial charge in [-0.2, -0.15) is 0 Å². The first-order chi connectivity index (χ1) is 9.71. The number of aliphatic hydroxyl groups is 1. The summed E-state index contributed by atoms with van der Waals surface area (Å²) in [5.74, 6) is 0. The van der Waals surface area contributed by atoms with Crippen LogP contribution < -0.4 is 0 Å². The average molecular weight is 269 g/mol. The van der Waals surface area contributed by atoms with Gasteiger partial charge in [-0.05, 0) is 35.2 Å². The minimum absolute atomic E-state index is 0.466. The number of carbonyl (C=O) groups excluding carboxylic acids is 1. The van der Waals surface area contributed by atoms with Crippen molar-refractivity contribution in [3.63, 3.8) is 0 Å². The van der Waals surface area contributed by atoms with E-state index in [1.807, 2.05) is 18.2 Å². The van der Waals surface area contributed by atoms with E-state index in [0.29, 0.717) is 19.4 Å². The first kappa shape index (κ1) is 13.3. The van der Waals surface area contributed by atoms with E-state index in [4.69, 9.17) is 0 Å². The molecule has 1 saturated heterocycles. The maximum atomic E-state index is 10.9. The summed E-state index contributed by atoms with van der Waals surface area (Å²) in [6, 6.07) is 14.4. The van der Waals surface area contributed by atoms with E-state index >= 15 is 0 Å². The standard InChI is InChI=1S/C17H19NO2/c19-12-11-18-9-7-17(20,8-10-18)16-6-5-14-3-1-2-4-15(14)13-16/h1-6,12-13,20H,7-11H2. The molecule has 0 spiro atoms. The third-order valence-electron chi connectivity index (χ3n) is 4.30. The fourth-order valence-corrected chi connectivity index (χ4v) is 2.98. The van der Waals surface area contributed by atoms with E-state index in [-0.39, 0.29) is 0 Å². The lowest BCUT2D eigenvalue weighted by Gasteiger charge is -2.38. The van der Waals surface area contributed by atoms with Crippen LogP contribution in [0.15, 0.2) is 42.5 Å². The monoisotopic (exact) mass is 269 g/mol. The number of rotatable bonds is 3. The van der Waals surface area contributed by atoms with Gasteiger partial charge in [0.2, 0.25) is 0 Å². The lowest BCUT2D eigenvalue weighted by Crippen LogP contribution is -2.43. The Morgan fingerprint density at radius 2 is 1.80 bits per heavy atom. The third-order valence-corrected chi connectivity index (χ3v) is 4.30. The summed E-state index contributed by atoms with van der Waals surface area (Å²) in [7, 11) is 0. The minimum Gasteiger partial charge on any atom is -0.385 e.